The number of piperidine rings is 1. The number of hydrogen-bond donors (Lipinski definition) is 0. The Bertz CT molecular complexity index is 212. The van der Waals surface area contributed by atoms with Crippen molar-refractivity contribution >= 4 is 5.97 Å². The Morgan fingerprint density at radius 2 is 1.80 bits per heavy atom. The summed E-state index contributed by atoms with van der Waals surface area (Å²) in [7, 11) is 0. The highest BCUT2D eigenvalue weighted by Crippen LogP contribution is 2.16. The van der Waals surface area contributed by atoms with E-state index in [9.17, 15) is 18.0 Å². The fraction of sp³-hybridized carbons (Fsp3) is 0.889. The predicted molar refractivity (Wildman–Crippen MR) is 47.3 cm³/mol. The third kappa shape index (κ3) is 4.51. The van der Waals surface area contributed by atoms with Crippen LogP contribution >= 0.6 is 0 Å². The van der Waals surface area contributed by atoms with Crippen LogP contribution in [-0.2, 0) is 9.53 Å². The van der Waals surface area contributed by atoms with Crippen molar-refractivity contribution in [2.75, 3.05) is 26.2 Å². The second-order valence-electron chi connectivity index (χ2n) is 3.54. The molecule has 1 aliphatic heterocycles. The van der Waals surface area contributed by atoms with Crippen LogP contribution < -0.4 is 0 Å². The molecule has 1 rings (SSSR count). The molecule has 0 aliphatic carbocycles. The van der Waals surface area contributed by atoms with Crippen molar-refractivity contribution in [2.45, 2.75) is 25.4 Å². The van der Waals surface area contributed by atoms with Gasteiger partial charge in [-0.05, 0) is 25.9 Å². The molecule has 0 N–H and O–H groups in total. The highest BCUT2D eigenvalue weighted by atomic mass is 19.4. The molecule has 3 nitrogen and oxygen atoms in total. The van der Waals surface area contributed by atoms with Crippen molar-refractivity contribution in [3.05, 3.63) is 0 Å². The third-order valence-corrected chi connectivity index (χ3v) is 2.32. The van der Waals surface area contributed by atoms with Gasteiger partial charge in [0.2, 0.25) is 0 Å². The molecule has 1 fully saturated rings. The molecular formula is C9H14F3NO2. The van der Waals surface area contributed by atoms with E-state index in [-0.39, 0.29) is 6.61 Å². The van der Waals surface area contributed by atoms with E-state index in [0.29, 0.717) is 6.54 Å². The summed E-state index contributed by atoms with van der Waals surface area (Å²) in [5.41, 5.74) is 0. The zero-order valence-electron chi connectivity index (χ0n) is 8.35. The first kappa shape index (κ1) is 12.3. The molecule has 0 atom stereocenters. The Hall–Kier alpha value is -0.780. The maximum Gasteiger partial charge on any atom is 0.490 e. The molecule has 0 aromatic heterocycles. The molecule has 1 heterocycles. The number of hydrogen-bond acceptors (Lipinski definition) is 3. The van der Waals surface area contributed by atoms with Crippen LogP contribution in [0.5, 0.6) is 0 Å². The first-order valence-electron chi connectivity index (χ1n) is 4.96. The van der Waals surface area contributed by atoms with Crippen molar-refractivity contribution in [3.8, 4) is 0 Å². The smallest absolute Gasteiger partial charge is 0.458 e. The van der Waals surface area contributed by atoms with Gasteiger partial charge in [-0.2, -0.15) is 13.2 Å². The minimum absolute atomic E-state index is 0.182. The topological polar surface area (TPSA) is 29.5 Å². The Morgan fingerprint density at radius 1 is 1.20 bits per heavy atom. The Labute approximate surface area is 86.2 Å². The molecule has 0 aromatic carbocycles. The molecular weight excluding hydrogens is 211 g/mol. The lowest BCUT2D eigenvalue weighted by Gasteiger charge is -2.25. The van der Waals surface area contributed by atoms with Gasteiger partial charge in [-0.3, -0.25) is 4.90 Å². The van der Waals surface area contributed by atoms with Crippen LogP contribution in [0, 0.1) is 0 Å². The van der Waals surface area contributed by atoms with E-state index in [4.69, 9.17) is 0 Å². The van der Waals surface area contributed by atoms with E-state index in [2.05, 4.69) is 4.74 Å². The molecule has 0 bridgehead atoms. The van der Waals surface area contributed by atoms with Crippen molar-refractivity contribution in [1.82, 2.24) is 4.90 Å². The third-order valence-electron chi connectivity index (χ3n) is 2.32. The van der Waals surface area contributed by atoms with Crippen LogP contribution in [-0.4, -0.2) is 43.3 Å². The summed E-state index contributed by atoms with van der Waals surface area (Å²) in [6.45, 7) is 1.97. The first-order valence-corrected chi connectivity index (χ1v) is 4.96. The quantitative estimate of drug-likeness (QED) is 0.683. The molecule has 6 heteroatoms. The van der Waals surface area contributed by atoms with Crippen LogP contribution in [0.2, 0.25) is 0 Å². The zero-order valence-corrected chi connectivity index (χ0v) is 8.35. The van der Waals surface area contributed by atoms with Crippen LogP contribution in [0.3, 0.4) is 0 Å². The van der Waals surface area contributed by atoms with Gasteiger partial charge in [0.15, 0.2) is 0 Å². The van der Waals surface area contributed by atoms with Crippen molar-refractivity contribution in [2.24, 2.45) is 0 Å². The van der Waals surface area contributed by atoms with Gasteiger partial charge in [0.05, 0.1) is 0 Å². The van der Waals surface area contributed by atoms with Crippen molar-refractivity contribution < 1.29 is 22.7 Å². The molecule has 88 valence electrons. The normalized spacial score (nSPS) is 18.9. The number of ether oxygens (including phenoxy) is 1. The first-order chi connectivity index (χ1) is 7.00. The van der Waals surface area contributed by atoms with E-state index in [1.807, 2.05) is 4.90 Å². The molecule has 1 saturated heterocycles. The lowest BCUT2D eigenvalue weighted by Crippen LogP contribution is -2.34. The Kier molecular flexibility index (Phi) is 4.38. The van der Waals surface area contributed by atoms with Crippen molar-refractivity contribution in [1.29, 1.82) is 0 Å². The van der Waals surface area contributed by atoms with Gasteiger partial charge in [-0.15, -0.1) is 0 Å². The summed E-state index contributed by atoms with van der Waals surface area (Å²) in [5, 5.41) is 0. The standard InChI is InChI=1S/C9H14F3NO2/c10-9(11,12)8(14)15-7-6-13-4-2-1-3-5-13/h1-7H2. The van der Waals surface area contributed by atoms with Crippen LogP contribution in [0.25, 0.3) is 0 Å². The number of carbonyl (C=O) groups is 1. The number of nitrogens with zero attached hydrogens (tertiary/aromatic N) is 1. The highest BCUT2D eigenvalue weighted by Gasteiger charge is 2.40. The van der Waals surface area contributed by atoms with Gasteiger partial charge in [-0.25, -0.2) is 4.79 Å². The van der Waals surface area contributed by atoms with Crippen LogP contribution in [0.15, 0.2) is 0 Å². The summed E-state index contributed by atoms with van der Waals surface area (Å²) in [5.74, 6) is -2.10. The van der Waals surface area contributed by atoms with Gasteiger partial charge in [0, 0.05) is 6.54 Å². The highest BCUT2D eigenvalue weighted by molar-refractivity contribution is 5.75. The second-order valence-corrected chi connectivity index (χ2v) is 3.54. The minimum Gasteiger partial charge on any atom is -0.458 e. The van der Waals surface area contributed by atoms with Gasteiger partial charge in [-0.1, -0.05) is 6.42 Å². The van der Waals surface area contributed by atoms with E-state index in [1.165, 1.54) is 6.42 Å². The molecule has 0 spiro atoms. The molecule has 1 aliphatic rings. The largest absolute Gasteiger partial charge is 0.490 e. The van der Waals surface area contributed by atoms with Crippen molar-refractivity contribution in [3.63, 3.8) is 0 Å². The fourth-order valence-corrected chi connectivity index (χ4v) is 1.53. The number of likely N-dealkylation sites (tertiary alicyclic amines) is 1. The average Bonchev–Trinajstić information content (AvgIpc) is 2.18. The summed E-state index contributed by atoms with van der Waals surface area (Å²) in [6.07, 6.45) is -1.58. The molecule has 0 unspecified atom stereocenters. The van der Waals surface area contributed by atoms with Crippen LogP contribution in [0.4, 0.5) is 13.2 Å². The lowest BCUT2D eigenvalue weighted by atomic mass is 10.1. The average molecular weight is 225 g/mol. The van der Waals surface area contributed by atoms with Crippen LogP contribution in [0.1, 0.15) is 19.3 Å². The van der Waals surface area contributed by atoms with Gasteiger partial charge in [0.1, 0.15) is 6.61 Å². The SMILES string of the molecule is O=C(OCCN1CCCCC1)C(F)(F)F. The van der Waals surface area contributed by atoms with E-state index in [0.717, 1.165) is 25.9 Å². The van der Waals surface area contributed by atoms with Gasteiger partial charge >= 0.3 is 12.1 Å². The Morgan fingerprint density at radius 3 is 2.33 bits per heavy atom. The monoisotopic (exact) mass is 225 g/mol. The molecule has 15 heavy (non-hydrogen) atoms. The number of alkyl halides is 3. The maximum atomic E-state index is 11.7. The number of esters is 1. The summed E-state index contributed by atoms with van der Waals surface area (Å²) in [4.78, 5) is 12.3. The summed E-state index contributed by atoms with van der Waals surface area (Å²) >= 11 is 0. The maximum absolute atomic E-state index is 11.7. The van der Waals surface area contributed by atoms with E-state index >= 15 is 0 Å². The number of halogens is 3. The van der Waals surface area contributed by atoms with Gasteiger partial charge < -0.3 is 4.74 Å². The second kappa shape index (κ2) is 5.34. The predicted octanol–water partition coefficient (Wildman–Crippen LogP) is 1.58. The zero-order chi connectivity index (χ0) is 11.3. The fourth-order valence-electron chi connectivity index (χ4n) is 1.53. The van der Waals surface area contributed by atoms with Gasteiger partial charge in [0.25, 0.3) is 0 Å². The Balaban J connectivity index is 2.12. The number of rotatable bonds is 3. The molecule has 0 radical (unpaired) electrons. The van der Waals surface area contributed by atoms with E-state index < -0.39 is 12.1 Å². The molecule has 0 saturated carbocycles. The summed E-state index contributed by atoms with van der Waals surface area (Å²) in [6, 6.07) is 0. The molecule has 0 aromatic rings. The summed E-state index contributed by atoms with van der Waals surface area (Å²) < 4.78 is 39.3. The number of carbonyl (C=O) groups excluding carboxylic acids is 1. The lowest BCUT2D eigenvalue weighted by molar-refractivity contribution is -0.200. The minimum atomic E-state index is -4.87. The van der Waals surface area contributed by atoms with E-state index in [1.54, 1.807) is 0 Å². The molecule has 0 amide bonds.